The Morgan fingerprint density at radius 3 is 2.38 bits per heavy atom. The molecule has 3 aromatic carbocycles. The summed E-state index contributed by atoms with van der Waals surface area (Å²) < 4.78 is 28.3. The lowest BCUT2D eigenvalue weighted by Crippen LogP contribution is -2.35. The van der Waals surface area contributed by atoms with Crippen LogP contribution in [0.15, 0.2) is 77.7 Å². The highest BCUT2D eigenvalue weighted by atomic mass is 32.2. The van der Waals surface area contributed by atoms with E-state index in [1.54, 1.807) is 41.3 Å². The number of amides is 1. The first kappa shape index (κ1) is 23.3. The molecule has 0 bridgehead atoms. The molecule has 7 nitrogen and oxygen atoms in total. The summed E-state index contributed by atoms with van der Waals surface area (Å²) in [7, 11) is -3.82. The maximum atomic E-state index is 13.2. The number of rotatable bonds is 5. The van der Waals surface area contributed by atoms with Gasteiger partial charge in [-0.1, -0.05) is 23.8 Å². The number of hydrogen-bond acceptors (Lipinski definition) is 5. The van der Waals surface area contributed by atoms with E-state index in [0.717, 1.165) is 24.2 Å². The maximum absolute atomic E-state index is 13.2. The first-order chi connectivity index (χ1) is 16.4. The minimum absolute atomic E-state index is 0.0490. The first-order valence-electron chi connectivity index (χ1n) is 11.1. The second kappa shape index (κ2) is 9.98. The van der Waals surface area contributed by atoms with Crippen LogP contribution < -0.4 is 9.62 Å². The Labute approximate surface area is 200 Å². The molecule has 0 radical (unpaired) electrons. The lowest BCUT2D eigenvalue weighted by atomic mass is 10.2. The fourth-order valence-electron chi connectivity index (χ4n) is 3.94. The van der Waals surface area contributed by atoms with E-state index in [2.05, 4.69) is 15.7 Å². The molecule has 1 amide bonds. The molecule has 1 aliphatic heterocycles. The van der Waals surface area contributed by atoms with Crippen LogP contribution >= 0.6 is 0 Å². The molecule has 0 spiro atoms. The number of carbonyl (C=O) groups is 1. The first-order valence-corrected chi connectivity index (χ1v) is 12.6. The molecule has 0 aliphatic carbocycles. The van der Waals surface area contributed by atoms with Gasteiger partial charge in [0.1, 0.15) is 0 Å². The zero-order valence-electron chi connectivity index (χ0n) is 18.9. The van der Waals surface area contributed by atoms with Crippen LogP contribution in [0.3, 0.4) is 0 Å². The molecular weight excluding hydrogens is 448 g/mol. The predicted molar refractivity (Wildman–Crippen MR) is 132 cm³/mol. The van der Waals surface area contributed by atoms with Crippen molar-refractivity contribution < 1.29 is 13.2 Å². The highest BCUT2D eigenvalue weighted by Crippen LogP contribution is 2.21. The zero-order valence-corrected chi connectivity index (χ0v) is 19.8. The second-order valence-corrected chi connectivity index (χ2v) is 9.97. The van der Waals surface area contributed by atoms with Crippen LogP contribution in [-0.4, -0.2) is 45.4 Å². The van der Waals surface area contributed by atoms with Gasteiger partial charge in [-0.2, -0.15) is 5.26 Å². The standard InChI is InChI=1S/C26H26N4O3S/c1-20-6-10-23(11-7-20)28-34(32,33)25-5-2-4-22(18-25)26(31)30-15-3-14-29(16-17-30)24-12-8-21(19-27)9-13-24/h2,4-13,18,28H,3,14-17H2,1H3. The van der Waals surface area contributed by atoms with Gasteiger partial charge in [-0.3, -0.25) is 9.52 Å². The summed E-state index contributed by atoms with van der Waals surface area (Å²) in [5.74, 6) is -0.186. The van der Waals surface area contributed by atoms with E-state index >= 15 is 0 Å². The zero-order chi connectivity index (χ0) is 24.1. The van der Waals surface area contributed by atoms with E-state index in [-0.39, 0.29) is 10.8 Å². The summed E-state index contributed by atoms with van der Waals surface area (Å²) in [6.07, 6.45) is 0.790. The van der Waals surface area contributed by atoms with Gasteiger partial charge in [0, 0.05) is 43.1 Å². The van der Waals surface area contributed by atoms with Gasteiger partial charge in [0.2, 0.25) is 0 Å². The van der Waals surface area contributed by atoms with Crippen molar-refractivity contribution >= 4 is 27.3 Å². The van der Waals surface area contributed by atoms with Gasteiger partial charge in [-0.15, -0.1) is 0 Å². The molecule has 0 unspecified atom stereocenters. The minimum Gasteiger partial charge on any atom is -0.370 e. The molecule has 0 saturated carbocycles. The van der Waals surface area contributed by atoms with Crippen molar-refractivity contribution in [2.24, 2.45) is 0 Å². The number of nitriles is 1. The van der Waals surface area contributed by atoms with E-state index in [4.69, 9.17) is 5.26 Å². The summed E-state index contributed by atoms with van der Waals surface area (Å²) in [6.45, 7) is 4.50. The molecule has 0 aromatic heterocycles. The van der Waals surface area contributed by atoms with Crippen LogP contribution in [0.2, 0.25) is 0 Å². The number of sulfonamides is 1. The lowest BCUT2D eigenvalue weighted by molar-refractivity contribution is 0.0767. The smallest absolute Gasteiger partial charge is 0.261 e. The van der Waals surface area contributed by atoms with Crippen molar-refractivity contribution in [1.82, 2.24) is 4.90 Å². The number of benzene rings is 3. The Balaban J connectivity index is 1.46. The monoisotopic (exact) mass is 474 g/mol. The number of nitrogens with zero attached hydrogens (tertiary/aromatic N) is 3. The molecule has 1 fully saturated rings. The van der Waals surface area contributed by atoms with Gasteiger partial charge < -0.3 is 9.80 Å². The van der Waals surface area contributed by atoms with Gasteiger partial charge in [0.25, 0.3) is 15.9 Å². The third-order valence-electron chi connectivity index (χ3n) is 5.84. The largest absolute Gasteiger partial charge is 0.370 e. The van der Waals surface area contributed by atoms with Crippen molar-refractivity contribution in [3.05, 3.63) is 89.5 Å². The van der Waals surface area contributed by atoms with Crippen molar-refractivity contribution in [3.63, 3.8) is 0 Å². The third-order valence-corrected chi connectivity index (χ3v) is 7.22. The quantitative estimate of drug-likeness (QED) is 0.603. The Hall–Kier alpha value is -3.83. The van der Waals surface area contributed by atoms with Crippen LogP contribution in [0, 0.1) is 18.3 Å². The van der Waals surface area contributed by atoms with E-state index < -0.39 is 10.0 Å². The fraction of sp³-hybridized carbons (Fsp3) is 0.231. The van der Waals surface area contributed by atoms with E-state index in [9.17, 15) is 13.2 Å². The SMILES string of the molecule is Cc1ccc(NS(=O)(=O)c2cccc(C(=O)N3CCCN(c4ccc(C#N)cc4)CC3)c2)cc1. The van der Waals surface area contributed by atoms with E-state index in [0.29, 0.717) is 36.4 Å². The molecule has 4 rings (SSSR count). The maximum Gasteiger partial charge on any atom is 0.261 e. The molecule has 1 saturated heterocycles. The molecule has 1 heterocycles. The van der Waals surface area contributed by atoms with Crippen molar-refractivity contribution in [3.8, 4) is 6.07 Å². The molecule has 3 aromatic rings. The van der Waals surface area contributed by atoms with Gasteiger partial charge in [-0.25, -0.2) is 8.42 Å². The molecule has 34 heavy (non-hydrogen) atoms. The topological polar surface area (TPSA) is 93.5 Å². The molecule has 1 N–H and O–H groups in total. The second-order valence-electron chi connectivity index (χ2n) is 8.29. The van der Waals surface area contributed by atoms with Gasteiger partial charge in [0.05, 0.1) is 16.5 Å². The van der Waals surface area contributed by atoms with Crippen molar-refractivity contribution in [2.45, 2.75) is 18.2 Å². The van der Waals surface area contributed by atoms with Crippen molar-refractivity contribution in [2.75, 3.05) is 35.8 Å². The number of nitrogens with one attached hydrogen (secondary N) is 1. The molecule has 0 atom stereocenters. The Kier molecular flexibility index (Phi) is 6.85. The average molecular weight is 475 g/mol. The van der Waals surface area contributed by atoms with Crippen LogP contribution in [0.1, 0.15) is 27.9 Å². The average Bonchev–Trinajstić information content (AvgIpc) is 3.11. The van der Waals surface area contributed by atoms with Crippen LogP contribution in [-0.2, 0) is 10.0 Å². The number of carbonyl (C=O) groups excluding carboxylic acids is 1. The van der Waals surface area contributed by atoms with Crippen LogP contribution in [0.5, 0.6) is 0 Å². The fourth-order valence-corrected chi connectivity index (χ4v) is 5.04. The highest BCUT2D eigenvalue weighted by Gasteiger charge is 2.22. The summed E-state index contributed by atoms with van der Waals surface area (Å²) in [5, 5.41) is 8.99. The summed E-state index contributed by atoms with van der Waals surface area (Å²) >= 11 is 0. The lowest BCUT2D eigenvalue weighted by Gasteiger charge is -2.24. The van der Waals surface area contributed by atoms with Gasteiger partial charge in [-0.05, 0) is 67.9 Å². The van der Waals surface area contributed by atoms with E-state index in [1.807, 2.05) is 31.2 Å². The van der Waals surface area contributed by atoms with E-state index in [1.165, 1.54) is 12.1 Å². The summed E-state index contributed by atoms with van der Waals surface area (Å²) in [6, 6.07) is 22.8. The molecule has 8 heteroatoms. The summed E-state index contributed by atoms with van der Waals surface area (Å²) in [5.41, 5.74) is 3.48. The predicted octanol–water partition coefficient (Wildman–Crippen LogP) is 4.02. The van der Waals surface area contributed by atoms with Crippen LogP contribution in [0.25, 0.3) is 0 Å². The molecule has 1 aliphatic rings. The number of aryl methyl sites for hydroxylation is 1. The normalized spacial score (nSPS) is 14.2. The minimum atomic E-state index is -3.82. The van der Waals surface area contributed by atoms with Crippen molar-refractivity contribution in [1.29, 1.82) is 5.26 Å². The number of anilines is 2. The van der Waals surface area contributed by atoms with Gasteiger partial charge in [0.15, 0.2) is 0 Å². The Morgan fingerprint density at radius 1 is 0.941 bits per heavy atom. The highest BCUT2D eigenvalue weighted by molar-refractivity contribution is 7.92. The van der Waals surface area contributed by atoms with Gasteiger partial charge >= 0.3 is 0 Å². The summed E-state index contributed by atoms with van der Waals surface area (Å²) in [4.78, 5) is 17.2. The third kappa shape index (κ3) is 5.38. The molecule has 174 valence electrons. The van der Waals surface area contributed by atoms with Crippen LogP contribution in [0.4, 0.5) is 11.4 Å². The number of hydrogen-bond donors (Lipinski definition) is 1. The Morgan fingerprint density at radius 2 is 1.68 bits per heavy atom. The Bertz CT molecular complexity index is 1310. The molecular formula is C26H26N4O3S.